The van der Waals surface area contributed by atoms with Crippen LogP contribution in [-0.2, 0) is 32.8 Å². The van der Waals surface area contributed by atoms with Crippen molar-refractivity contribution < 1.29 is 22.4 Å². The Balaban J connectivity index is 1.42. The Morgan fingerprint density at radius 3 is 2.73 bits per heavy atom. The van der Waals surface area contributed by atoms with Gasteiger partial charge in [-0.1, -0.05) is 30.3 Å². The zero-order chi connectivity index (χ0) is 23.6. The minimum absolute atomic E-state index is 0.0461. The predicted molar refractivity (Wildman–Crippen MR) is 120 cm³/mol. The summed E-state index contributed by atoms with van der Waals surface area (Å²) in [7, 11) is -1.76. The van der Waals surface area contributed by atoms with Crippen molar-refractivity contribution in [3.63, 3.8) is 0 Å². The van der Waals surface area contributed by atoms with Crippen LogP contribution in [0.25, 0.3) is 22.2 Å². The largest absolute Gasteiger partial charge is 0.419 e. The predicted octanol–water partition coefficient (Wildman–Crippen LogP) is 0.668. The lowest BCUT2D eigenvalue weighted by atomic mass is 10.0. The van der Waals surface area contributed by atoms with Gasteiger partial charge in [-0.25, -0.2) is 13.2 Å². The molecule has 0 spiro atoms. The number of ether oxygens (including phenoxy) is 1. The molecule has 0 bridgehead atoms. The van der Waals surface area contributed by atoms with E-state index in [1.165, 1.54) is 4.57 Å². The van der Waals surface area contributed by atoms with Crippen molar-refractivity contribution in [2.75, 3.05) is 18.4 Å². The van der Waals surface area contributed by atoms with Crippen LogP contribution in [0, 0.1) is 11.3 Å². The van der Waals surface area contributed by atoms with Crippen molar-refractivity contribution in [1.82, 2.24) is 15.2 Å². The normalized spacial score (nSPS) is 18.8. The number of nitrogens with zero attached hydrogens (tertiary/aromatic N) is 2. The third-order valence-electron chi connectivity index (χ3n) is 5.38. The Bertz CT molecular complexity index is 1380. The Hall–Kier alpha value is -3.46. The van der Waals surface area contributed by atoms with E-state index >= 15 is 0 Å². The fourth-order valence-corrected chi connectivity index (χ4v) is 4.45. The molecule has 1 amide bonds. The zero-order valence-electron chi connectivity index (χ0n) is 17.8. The van der Waals surface area contributed by atoms with Gasteiger partial charge in [-0.3, -0.25) is 9.36 Å². The molecule has 1 aliphatic rings. The number of aryl methyl sites for hydroxylation is 1. The lowest BCUT2D eigenvalue weighted by Crippen LogP contribution is -2.46. The maximum Gasteiger partial charge on any atom is 0.419 e. The van der Waals surface area contributed by atoms with Gasteiger partial charge in [0.2, 0.25) is 0 Å². The van der Waals surface area contributed by atoms with Crippen molar-refractivity contribution in [2.45, 2.75) is 18.6 Å². The lowest BCUT2D eigenvalue weighted by molar-refractivity contribution is -0.131. The Labute approximate surface area is 189 Å². The van der Waals surface area contributed by atoms with E-state index in [4.69, 9.17) is 9.15 Å². The molecule has 0 radical (unpaired) electrons. The summed E-state index contributed by atoms with van der Waals surface area (Å²) in [6.07, 6.45) is -0.717. The fourth-order valence-electron chi connectivity index (χ4n) is 3.57. The van der Waals surface area contributed by atoms with Crippen LogP contribution in [-0.4, -0.2) is 49.4 Å². The summed E-state index contributed by atoms with van der Waals surface area (Å²) in [6, 6.07) is 14.3. The molecular formula is C22H22N4O6S. The zero-order valence-corrected chi connectivity index (χ0v) is 18.6. The highest BCUT2D eigenvalue weighted by Gasteiger charge is 2.27. The summed E-state index contributed by atoms with van der Waals surface area (Å²) in [5, 5.41) is 14.8. The van der Waals surface area contributed by atoms with Gasteiger partial charge in [0, 0.05) is 20.0 Å². The first-order chi connectivity index (χ1) is 15.8. The van der Waals surface area contributed by atoms with E-state index in [9.17, 15) is 23.3 Å². The molecule has 33 heavy (non-hydrogen) atoms. The molecule has 2 N–H and O–H groups in total. The summed E-state index contributed by atoms with van der Waals surface area (Å²) in [4.78, 5) is 24.1. The van der Waals surface area contributed by atoms with E-state index in [0.717, 1.165) is 16.7 Å². The minimum atomic E-state index is -3.41. The molecule has 11 heteroatoms. The summed E-state index contributed by atoms with van der Waals surface area (Å²) in [6.45, 7) is 0.0461. The number of amides is 1. The van der Waals surface area contributed by atoms with Crippen molar-refractivity contribution in [2.24, 2.45) is 7.05 Å². The maximum atomic E-state index is 12.4. The van der Waals surface area contributed by atoms with Gasteiger partial charge >= 0.3 is 5.76 Å². The van der Waals surface area contributed by atoms with E-state index in [1.54, 1.807) is 13.1 Å². The average Bonchev–Trinajstić information content (AvgIpc) is 2.95. The van der Waals surface area contributed by atoms with Gasteiger partial charge in [-0.05, 0) is 28.8 Å². The summed E-state index contributed by atoms with van der Waals surface area (Å²) in [5.74, 6) is -1.76. The van der Waals surface area contributed by atoms with Crippen molar-refractivity contribution >= 4 is 26.8 Å². The van der Waals surface area contributed by atoms with Crippen LogP contribution in [0.3, 0.4) is 0 Å². The number of aromatic nitrogens is 1. The van der Waals surface area contributed by atoms with Crippen molar-refractivity contribution in [3.05, 3.63) is 58.6 Å². The van der Waals surface area contributed by atoms with Gasteiger partial charge in [-0.2, -0.15) is 5.26 Å². The molecule has 2 heterocycles. The minimum Gasteiger partial charge on any atom is -0.408 e. The molecule has 1 unspecified atom stereocenters. The van der Waals surface area contributed by atoms with Gasteiger partial charge in [0.15, 0.2) is 21.4 Å². The number of benzene rings is 2. The molecule has 1 aromatic heterocycles. The van der Waals surface area contributed by atoms with Crippen LogP contribution in [0.4, 0.5) is 0 Å². The molecule has 2 atom stereocenters. The van der Waals surface area contributed by atoms with Gasteiger partial charge in [0.05, 0.1) is 11.6 Å². The number of nitriles is 1. The van der Waals surface area contributed by atoms with Gasteiger partial charge in [0.25, 0.3) is 5.91 Å². The molecule has 10 nitrogen and oxygen atoms in total. The van der Waals surface area contributed by atoms with Crippen LogP contribution < -0.4 is 16.4 Å². The first kappa shape index (κ1) is 22.7. The van der Waals surface area contributed by atoms with E-state index in [1.807, 2.05) is 36.4 Å². The van der Waals surface area contributed by atoms with Crippen LogP contribution in [0.5, 0.6) is 0 Å². The quantitative estimate of drug-likeness (QED) is 0.554. The van der Waals surface area contributed by atoms with Crippen LogP contribution in [0.2, 0.25) is 0 Å². The highest BCUT2D eigenvalue weighted by molar-refractivity contribution is 7.91. The van der Waals surface area contributed by atoms with Crippen LogP contribution in [0.1, 0.15) is 5.56 Å². The standard InChI is InChI=1S/C22H22N4O6S/c1-26-18-9-16(6-7-19(18)32-22(26)28)15-4-2-14(3-5-15)8-17(10-23)25-21(27)20-11-24-12-33(29,30)13-31-20/h2-7,9,17,20,24H,8,11-13H2,1H3,(H,25,27)/t17-,20?/m0/s1. The second-order valence-corrected chi connectivity index (χ2v) is 9.83. The average molecular weight is 471 g/mol. The molecular weight excluding hydrogens is 448 g/mol. The number of sulfone groups is 1. The Morgan fingerprint density at radius 2 is 2.00 bits per heavy atom. The number of hydrogen-bond donors (Lipinski definition) is 2. The number of carbonyl (C=O) groups excluding carboxylic acids is 1. The number of oxazole rings is 1. The van der Waals surface area contributed by atoms with Gasteiger partial charge in [0.1, 0.15) is 18.0 Å². The van der Waals surface area contributed by atoms with Crippen molar-refractivity contribution in [1.29, 1.82) is 5.26 Å². The van der Waals surface area contributed by atoms with Crippen LogP contribution >= 0.6 is 0 Å². The summed E-state index contributed by atoms with van der Waals surface area (Å²) >= 11 is 0. The molecule has 1 fully saturated rings. The van der Waals surface area contributed by atoms with Crippen molar-refractivity contribution in [3.8, 4) is 17.2 Å². The smallest absolute Gasteiger partial charge is 0.408 e. The number of nitrogens with one attached hydrogen (secondary N) is 2. The highest BCUT2D eigenvalue weighted by Crippen LogP contribution is 2.24. The molecule has 0 aliphatic carbocycles. The monoisotopic (exact) mass is 470 g/mol. The van der Waals surface area contributed by atoms with Crippen LogP contribution in [0.15, 0.2) is 51.7 Å². The SMILES string of the molecule is Cn1c(=O)oc2ccc(-c3ccc(C[C@@H](C#N)NC(=O)C4CNCS(=O)(=O)CO4)cc3)cc21. The second-order valence-electron chi connectivity index (χ2n) is 7.82. The topological polar surface area (TPSA) is 143 Å². The summed E-state index contributed by atoms with van der Waals surface area (Å²) < 4.78 is 34.9. The van der Waals surface area contributed by atoms with E-state index in [0.29, 0.717) is 11.1 Å². The van der Waals surface area contributed by atoms with E-state index in [-0.39, 0.29) is 18.8 Å². The fraction of sp³-hybridized carbons (Fsp3) is 0.318. The third kappa shape index (κ3) is 5.14. The molecule has 2 aromatic carbocycles. The Kier molecular flexibility index (Phi) is 6.33. The first-order valence-electron chi connectivity index (χ1n) is 10.2. The highest BCUT2D eigenvalue weighted by atomic mass is 32.2. The maximum absolute atomic E-state index is 12.4. The number of carbonyl (C=O) groups is 1. The molecule has 0 saturated carbocycles. The third-order valence-corrected chi connectivity index (χ3v) is 6.52. The van der Waals surface area contributed by atoms with Gasteiger partial charge < -0.3 is 19.8 Å². The summed E-state index contributed by atoms with van der Waals surface area (Å²) in [5.41, 5.74) is 3.87. The molecule has 4 rings (SSSR count). The lowest BCUT2D eigenvalue weighted by Gasteiger charge is -2.17. The molecule has 1 saturated heterocycles. The Morgan fingerprint density at radius 1 is 1.27 bits per heavy atom. The second kappa shape index (κ2) is 9.19. The number of fused-ring (bicyclic) bond motifs is 1. The van der Waals surface area contributed by atoms with E-state index < -0.39 is 39.6 Å². The first-order valence-corrected chi connectivity index (χ1v) is 12.0. The molecule has 3 aromatic rings. The van der Waals surface area contributed by atoms with Gasteiger partial charge in [-0.15, -0.1) is 0 Å². The van der Waals surface area contributed by atoms with E-state index in [2.05, 4.69) is 16.7 Å². The number of hydrogen-bond acceptors (Lipinski definition) is 8. The number of rotatable bonds is 5. The molecule has 1 aliphatic heterocycles. The molecule has 172 valence electrons.